The van der Waals surface area contributed by atoms with E-state index in [0.717, 1.165) is 19.3 Å². The van der Waals surface area contributed by atoms with Gasteiger partial charge in [-0.2, -0.15) is 8.78 Å². The highest BCUT2D eigenvalue weighted by Gasteiger charge is 2.35. The van der Waals surface area contributed by atoms with Crippen molar-refractivity contribution in [1.82, 2.24) is 0 Å². The van der Waals surface area contributed by atoms with Crippen LogP contribution in [0.4, 0.5) is 8.78 Å². The van der Waals surface area contributed by atoms with Crippen LogP contribution in [0.5, 0.6) is 0 Å². The summed E-state index contributed by atoms with van der Waals surface area (Å²) in [7, 11) is 0. The van der Waals surface area contributed by atoms with E-state index in [4.69, 9.17) is 10.2 Å². The van der Waals surface area contributed by atoms with Crippen LogP contribution in [0.1, 0.15) is 32.6 Å². The monoisotopic (exact) mass is 206 g/mol. The molecule has 0 amide bonds. The van der Waals surface area contributed by atoms with Gasteiger partial charge in [-0.05, 0) is 12.3 Å². The number of aliphatic hydroxyl groups is 2. The Morgan fingerprint density at radius 3 is 2.50 bits per heavy atom. The Balaban J connectivity index is 3.93. The van der Waals surface area contributed by atoms with Gasteiger partial charge in [-0.25, -0.2) is 0 Å². The smallest absolute Gasteiger partial charge is 0.335 e. The summed E-state index contributed by atoms with van der Waals surface area (Å²) in [5.74, 6) is 0.481. The van der Waals surface area contributed by atoms with Gasteiger partial charge >= 0.3 is 5.92 Å². The van der Waals surface area contributed by atoms with Gasteiger partial charge < -0.3 is 10.2 Å². The van der Waals surface area contributed by atoms with Crippen LogP contribution in [0, 0.1) is 11.8 Å². The molecular weight excluding hydrogens is 190 g/mol. The Bertz CT molecular complexity index is 206. The van der Waals surface area contributed by atoms with Gasteiger partial charge in [-0.3, -0.25) is 0 Å². The molecule has 82 valence electrons. The average molecular weight is 206 g/mol. The van der Waals surface area contributed by atoms with E-state index in [1.54, 1.807) is 5.92 Å². The molecule has 0 aromatic heterocycles. The van der Waals surface area contributed by atoms with E-state index >= 15 is 0 Å². The average Bonchev–Trinajstić information content (AvgIpc) is 2.16. The molecule has 0 rings (SSSR count). The number of hydrogen-bond acceptors (Lipinski definition) is 2. The van der Waals surface area contributed by atoms with Gasteiger partial charge in [0.2, 0.25) is 0 Å². The Morgan fingerprint density at radius 2 is 2.00 bits per heavy atom. The fourth-order valence-electron chi connectivity index (χ4n) is 0.842. The zero-order valence-corrected chi connectivity index (χ0v) is 8.26. The predicted octanol–water partition coefficient (Wildman–Crippen LogP) is 1.56. The molecule has 0 bridgehead atoms. The summed E-state index contributed by atoms with van der Waals surface area (Å²) in [5, 5.41) is 17.0. The summed E-state index contributed by atoms with van der Waals surface area (Å²) in [4.78, 5) is 0. The van der Waals surface area contributed by atoms with Gasteiger partial charge in [-0.15, -0.1) is 0 Å². The summed E-state index contributed by atoms with van der Waals surface area (Å²) in [6.07, 6.45) is 1.08. The molecule has 0 aliphatic carbocycles. The van der Waals surface area contributed by atoms with E-state index in [0.29, 0.717) is 6.42 Å². The van der Waals surface area contributed by atoms with Crippen molar-refractivity contribution in [2.45, 2.75) is 44.6 Å². The number of hydrogen-bond donors (Lipinski definition) is 2. The number of halogens is 2. The molecule has 0 aromatic rings. The van der Waals surface area contributed by atoms with E-state index in [2.05, 4.69) is 5.92 Å². The largest absolute Gasteiger partial charge is 0.393 e. The van der Waals surface area contributed by atoms with E-state index < -0.39 is 18.6 Å². The normalized spacial score (nSPS) is 13.2. The van der Waals surface area contributed by atoms with Crippen LogP contribution >= 0.6 is 0 Å². The maximum atomic E-state index is 12.7. The molecule has 0 saturated heterocycles. The Morgan fingerprint density at radius 1 is 1.36 bits per heavy atom. The Kier molecular flexibility index (Phi) is 6.43. The third kappa shape index (κ3) is 5.15. The molecule has 0 unspecified atom stereocenters. The van der Waals surface area contributed by atoms with Crippen molar-refractivity contribution in [3.05, 3.63) is 0 Å². The molecule has 0 saturated carbocycles. The third-order valence-corrected chi connectivity index (χ3v) is 1.75. The molecule has 14 heavy (non-hydrogen) atoms. The van der Waals surface area contributed by atoms with Crippen molar-refractivity contribution in [1.29, 1.82) is 0 Å². The summed E-state index contributed by atoms with van der Waals surface area (Å²) in [6, 6.07) is 0. The number of alkyl halides is 2. The summed E-state index contributed by atoms with van der Waals surface area (Å²) < 4.78 is 25.5. The van der Waals surface area contributed by atoms with Gasteiger partial charge in [0, 0.05) is 6.42 Å². The van der Waals surface area contributed by atoms with Crippen molar-refractivity contribution < 1.29 is 19.0 Å². The maximum absolute atomic E-state index is 12.7. The van der Waals surface area contributed by atoms with Crippen LogP contribution in [0.25, 0.3) is 0 Å². The SMILES string of the molecule is CCCCCC#CC(F)(F)[C@@H](O)CO. The van der Waals surface area contributed by atoms with Crippen LogP contribution in [-0.4, -0.2) is 28.8 Å². The van der Waals surface area contributed by atoms with Crippen molar-refractivity contribution >= 4 is 0 Å². The van der Waals surface area contributed by atoms with Crippen molar-refractivity contribution in [3.63, 3.8) is 0 Å². The van der Waals surface area contributed by atoms with Crippen LogP contribution in [0.2, 0.25) is 0 Å². The highest BCUT2D eigenvalue weighted by molar-refractivity contribution is 5.11. The first-order valence-corrected chi connectivity index (χ1v) is 4.71. The van der Waals surface area contributed by atoms with Crippen LogP contribution in [0.3, 0.4) is 0 Å². The molecular formula is C10H16F2O2. The molecule has 0 spiro atoms. The summed E-state index contributed by atoms with van der Waals surface area (Å²) >= 11 is 0. The molecule has 1 atom stereocenters. The first kappa shape index (κ1) is 13.3. The first-order valence-electron chi connectivity index (χ1n) is 4.71. The summed E-state index contributed by atoms with van der Waals surface area (Å²) in [5.41, 5.74) is 0. The zero-order chi connectivity index (χ0) is 11.0. The van der Waals surface area contributed by atoms with E-state index in [1.165, 1.54) is 0 Å². The van der Waals surface area contributed by atoms with Gasteiger partial charge in [0.15, 0.2) is 6.10 Å². The molecule has 0 fully saturated rings. The second-order valence-electron chi connectivity index (χ2n) is 3.08. The highest BCUT2D eigenvalue weighted by atomic mass is 19.3. The number of rotatable bonds is 5. The van der Waals surface area contributed by atoms with Crippen LogP contribution in [0.15, 0.2) is 0 Å². The molecule has 0 aliphatic rings. The molecule has 0 aliphatic heterocycles. The second-order valence-corrected chi connectivity index (χ2v) is 3.08. The van der Waals surface area contributed by atoms with E-state index in [1.807, 2.05) is 6.92 Å². The topological polar surface area (TPSA) is 40.5 Å². The standard InChI is InChI=1S/C10H16F2O2/c1-2-3-4-5-6-7-10(11,12)9(14)8-13/h9,13-14H,2-5,8H2,1H3/t9-/m0/s1. The van der Waals surface area contributed by atoms with Gasteiger partial charge in [0.1, 0.15) is 0 Å². The van der Waals surface area contributed by atoms with Crippen molar-refractivity contribution in [2.75, 3.05) is 6.61 Å². The van der Waals surface area contributed by atoms with E-state index in [-0.39, 0.29) is 0 Å². The van der Waals surface area contributed by atoms with Gasteiger partial charge in [0.05, 0.1) is 6.61 Å². The third-order valence-electron chi connectivity index (χ3n) is 1.75. The number of unbranched alkanes of at least 4 members (excludes halogenated alkanes) is 3. The molecule has 2 N–H and O–H groups in total. The lowest BCUT2D eigenvalue weighted by Crippen LogP contribution is -2.34. The van der Waals surface area contributed by atoms with Crippen LogP contribution < -0.4 is 0 Å². The van der Waals surface area contributed by atoms with Crippen LogP contribution in [-0.2, 0) is 0 Å². The molecule has 0 radical (unpaired) electrons. The van der Waals surface area contributed by atoms with Gasteiger partial charge in [0.25, 0.3) is 0 Å². The predicted molar refractivity (Wildman–Crippen MR) is 50.0 cm³/mol. The Labute approximate surface area is 82.9 Å². The fraction of sp³-hybridized carbons (Fsp3) is 0.800. The minimum absolute atomic E-state index is 0.404. The first-order chi connectivity index (χ1) is 6.54. The zero-order valence-electron chi connectivity index (χ0n) is 8.26. The molecule has 0 aromatic carbocycles. The molecule has 0 heterocycles. The fourth-order valence-corrected chi connectivity index (χ4v) is 0.842. The Hall–Kier alpha value is -0.660. The van der Waals surface area contributed by atoms with Gasteiger partial charge in [-0.1, -0.05) is 25.7 Å². The lowest BCUT2D eigenvalue weighted by atomic mass is 10.1. The number of aliphatic hydroxyl groups excluding tert-OH is 2. The minimum Gasteiger partial charge on any atom is -0.393 e. The van der Waals surface area contributed by atoms with Crippen molar-refractivity contribution in [2.24, 2.45) is 0 Å². The van der Waals surface area contributed by atoms with E-state index in [9.17, 15) is 8.78 Å². The minimum atomic E-state index is -3.50. The maximum Gasteiger partial charge on any atom is 0.335 e. The second kappa shape index (κ2) is 6.74. The summed E-state index contributed by atoms with van der Waals surface area (Å²) in [6.45, 7) is 1.04. The molecule has 4 heteroatoms. The van der Waals surface area contributed by atoms with Crippen molar-refractivity contribution in [3.8, 4) is 11.8 Å². The molecule has 2 nitrogen and oxygen atoms in total. The lowest BCUT2D eigenvalue weighted by molar-refractivity contribution is -0.0830. The highest BCUT2D eigenvalue weighted by Crippen LogP contribution is 2.17. The quantitative estimate of drug-likeness (QED) is 0.529. The lowest BCUT2D eigenvalue weighted by Gasteiger charge is -2.13.